The van der Waals surface area contributed by atoms with Gasteiger partial charge in [-0.1, -0.05) is 29.8 Å². The van der Waals surface area contributed by atoms with Gasteiger partial charge in [0.2, 0.25) is 5.91 Å². The fourth-order valence-electron chi connectivity index (χ4n) is 2.02. The molecule has 0 saturated heterocycles. The number of benzene rings is 2. The second-order valence-corrected chi connectivity index (χ2v) is 5.23. The maximum Gasteiger partial charge on any atom is 0.244 e. The van der Waals surface area contributed by atoms with Crippen LogP contribution in [0.25, 0.3) is 6.08 Å². The lowest BCUT2D eigenvalue weighted by atomic mass is 10.2. The van der Waals surface area contributed by atoms with Gasteiger partial charge in [-0.3, -0.25) is 4.79 Å². The quantitative estimate of drug-likeness (QED) is 0.821. The Labute approximate surface area is 140 Å². The van der Waals surface area contributed by atoms with Gasteiger partial charge in [-0.05, 0) is 41.5 Å². The Bertz CT molecular complexity index is 713. The van der Waals surface area contributed by atoms with Crippen LogP contribution in [0, 0.1) is 0 Å². The molecule has 0 unspecified atom stereocenters. The molecule has 1 N–H and O–H groups in total. The first kappa shape index (κ1) is 16.9. The summed E-state index contributed by atoms with van der Waals surface area (Å²) >= 11 is 5.90. The van der Waals surface area contributed by atoms with Gasteiger partial charge in [-0.15, -0.1) is 0 Å². The predicted molar refractivity (Wildman–Crippen MR) is 91.9 cm³/mol. The fraction of sp³-hybridized carbons (Fsp3) is 0.167. The summed E-state index contributed by atoms with van der Waals surface area (Å²) < 4.78 is 10.4. The van der Waals surface area contributed by atoms with Crippen LogP contribution < -0.4 is 14.8 Å². The molecule has 2 aromatic rings. The topological polar surface area (TPSA) is 47.6 Å². The Kier molecular flexibility index (Phi) is 6.06. The summed E-state index contributed by atoms with van der Waals surface area (Å²) in [5, 5.41) is 3.45. The average molecular weight is 332 g/mol. The first-order valence-corrected chi connectivity index (χ1v) is 7.42. The molecule has 0 aliphatic heterocycles. The maximum atomic E-state index is 11.9. The van der Waals surface area contributed by atoms with E-state index in [4.69, 9.17) is 21.1 Å². The zero-order valence-electron chi connectivity index (χ0n) is 13.0. The molecule has 0 atom stereocenters. The third-order valence-corrected chi connectivity index (χ3v) is 3.43. The summed E-state index contributed by atoms with van der Waals surface area (Å²) in [6.07, 6.45) is 3.20. The van der Waals surface area contributed by atoms with Crippen molar-refractivity contribution in [3.63, 3.8) is 0 Å². The highest BCUT2D eigenvalue weighted by Crippen LogP contribution is 2.27. The van der Waals surface area contributed by atoms with E-state index in [0.29, 0.717) is 23.1 Å². The molecule has 120 valence electrons. The van der Waals surface area contributed by atoms with E-state index >= 15 is 0 Å². The van der Waals surface area contributed by atoms with E-state index in [1.807, 2.05) is 30.3 Å². The van der Waals surface area contributed by atoms with Gasteiger partial charge in [0.15, 0.2) is 11.5 Å². The van der Waals surface area contributed by atoms with E-state index in [9.17, 15) is 4.79 Å². The molecule has 0 spiro atoms. The Morgan fingerprint density at radius 3 is 2.61 bits per heavy atom. The van der Waals surface area contributed by atoms with Crippen LogP contribution in [0.5, 0.6) is 11.5 Å². The number of rotatable bonds is 6. The number of hydrogen-bond acceptors (Lipinski definition) is 3. The number of amides is 1. The molecular formula is C18H18ClNO3. The third kappa shape index (κ3) is 5.04. The number of ether oxygens (including phenoxy) is 2. The fourth-order valence-corrected chi connectivity index (χ4v) is 2.22. The number of hydrogen-bond donors (Lipinski definition) is 1. The lowest BCUT2D eigenvalue weighted by Gasteiger charge is -2.09. The van der Waals surface area contributed by atoms with Crippen molar-refractivity contribution in [3.8, 4) is 11.5 Å². The largest absolute Gasteiger partial charge is 0.493 e. The molecule has 1 amide bonds. The van der Waals surface area contributed by atoms with Gasteiger partial charge < -0.3 is 14.8 Å². The van der Waals surface area contributed by atoms with Crippen molar-refractivity contribution in [1.29, 1.82) is 0 Å². The molecule has 0 aliphatic carbocycles. The van der Waals surface area contributed by atoms with Crippen LogP contribution in [0.3, 0.4) is 0 Å². The molecule has 5 heteroatoms. The lowest BCUT2D eigenvalue weighted by molar-refractivity contribution is -0.116. The summed E-state index contributed by atoms with van der Waals surface area (Å²) in [4.78, 5) is 11.9. The molecule has 0 aromatic heterocycles. The van der Waals surface area contributed by atoms with Crippen molar-refractivity contribution in [2.24, 2.45) is 0 Å². The smallest absolute Gasteiger partial charge is 0.244 e. The van der Waals surface area contributed by atoms with Crippen LogP contribution in [0.1, 0.15) is 11.1 Å². The van der Waals surface area contributed by atoms with Crippen molar-refractivity contribution in [3.05, 3.63) is 64.7 Å². The summed E-state index contributed by atoms with van der Waals surface area (Å²) in [7, 11) is 3.16. The van der Waals surface area contributed by atoms with Gasteiger partial charge in [-0.2, -0.15) is 0 Å². The highest BCUT2D eigenvalue weighted by molar-refractivity contribution is 6.30. The zero-order valence-corrected chi connectivity index (χ0v) is 13.8. The van der Waals surface area contributed by atoms with E-state index in [1.165, 1.54) is 6.08 Å². The predicted octanol–water partition coefficient (Wildman–Crippen LogP) is 3.69. The molecule has 0 fully saturated rings. The summed E-state index contributed by atoms with van der Waals surface area (Å²) in [5.41, 5.74) is 1.80. The first-order chi connectivity index (χ1) is 11.1. The van der Waals surface area contributed by atoms with Crippen LogP contribution in [0.2, 0.25) is 5.02 Å². The van der Waals surface area contributed by atoms with Gasteiger partial charge in [0.05, 0.1) is 14.2 Å². The van der Waals surface area contributed by atoms with Crippen molar-refractivity contribution in [2.75, 3.05) is 14.2 Å². The zero-order chi connectivity index (χ0) is 16.7. The summed E-state index contributed by atoms with van der Waals surface area (Å²) in [5.74, 6) is 1.11. The summed E-state index contributed by atoms with van der Waals surface area (Å²) in [6.45, 7) is 0.402. The van der Waals surface area contributed by atoms with Crippen molar-refractivity contribution < 1.29 is 14.3 Å². The van der Waals surface area contributed by atoms with Gasteiger partial charge in [0, 0.05) is 17.6 Å². The van der Waals surface area contributed by atoms with Crippen LogP contribution in [-0.4, -0.2) is 20.1 Å². The molecule has 0 heterocycles. The molecule has 2 aromatic carbocycles. The normalized spacial score (nSPS) is 10.6. The molecule has 4 nitrogen and oxygen atoms in total. The Morgan fingerprint density at radius 1 is 1.13 bits per heavy atom. The number of nitrogens with one attached hydrogen (secondary N) is 1. The minimum absolute atomic E-state index is 0.181. The minimum atomic E-state index is -0.181. The lowest BCUT2D eigenvalue weighted by Crippen LogP contribution is -2.20. The van der Waals surface area contributed by atoms with E-state index in [2.05, 4.69) is 5.32 Å². The number of carbonyl (C=O) groups is 1. The van der Waals surface area contributed by atoms with Crippen molar-refractivity contribution in [2.45, 2.75) is 6.54 Å². The van der Waals surface area contributed by atoms with E-state index in [0.717, 1.165) is 11.1 Å². The Morgan fingerprint density at radius 2 is 1.91 bits per heavy atom. The minimum Gasteiger partial charge on any atom is -0.493 e. The number of carbonyl (C=O) groups excluding carboxylic acids is 1. The Hall–Kier alpha value is -2.46. The third-order valence-electron chi connectivity index (χ3n) is 3.19. The summed E-state index contributed by atoms with van der Waals surface area (Å²) in [6, 6.07) is 12.8. The van der Waals surface area contributed by atoms with E-state index in [-0.39, 0.29) is 5.91 Å². The van der Waals surface area contributed by atoms with Gasteiger partial charge in [0.1, 0.15) is 0 Å². The number of halogens is 1. The monoisotopic (exact) mass is 331 g/mol. The second kappa shape index (κ2) is 8.25. The van der Waals surface area contributed by atoms with Crippen LogP contribution >= 0.6 is 11.6 Å². The molecular weight excluding hydrogens is 314 g/mol. The van der Waals surface area contributed by atoms with E-state index < -0.39 is 0 Å². The second-order valence-electron chi connectivity index (χ2n) is 4.80. The molecule has 2 rings (SSSR count). The van der Waals surface area contributed by atoms with Gasteiger partial charge in [-0.25, -0.2) is 0 Å². The van der Waals surface area contributed by atoms with Gasteiger partial charge in [0.25, 0.3) is 0 Å². The van der Waals surface area contributed by atoms with E-state index in [1.54, 1.807) is 32.4 Å². The molecule has 0 radical (unpaired) electrons. The van der Waals surface area contributed by atoms with Crippen molar-refractivity contribution in [1.82, 2.24) is 5.32 Å². The molecule has 0 saturated carbocycles. The standard InChI is InChI=1S/C18H18ClNO3/c1-22-16-8-6-14(11-17(16)23-2)12-20-18(21)9-7-13-4-3-5-15(19)10-13/h3-11H,12H2,1-2H3,(H,20,21)/b9-7+. The Balaban J connectivity index is 1.94. The first-order valence-electron chi connectivity index (χ1n) is 7.05. The SMILES string of the molecule is COc1ccc(CNC(=O)/C=C/c2cccc(Cl)c2)cc1OC. The highest BCUT2D eigenvalue weighted by Gasteiger charge is 2.05. The molecule has 0 aliphatic rings. The molecule has 23 heavy (non-hydrogen) atoms. The van der Waals surface area contributed by atoms with Gasteiger partial charge >= 0.3 is 0 Å². The highest BCUT2D eigenvalue weighted by atomic mass is 35.5. The maximum absolute atomic E-state index is 11.9. The van der Waals surface area contributed by atoms with Crippen molar-refractivity contribution >= 4 is 23.6 Å². The van der Waals surface area contributed by atoms with Crippen LogP contribution in [0.15, 0.2) is 48.5 Å². The average Bonchev–Trinajstić information content (AvgIpc) is 2.57. The van der Waals surface area contributed by atoms with Crippen LogP contribution in [0.4, 0.5) is 0 Å². The molecule has 0 bridgehead atoms. The number of methoxy groups -OCH3 is 2. The van der Waals surface area contributed by atoms with Crippen LogP contribution in [-0.2, 0) is 11.3 Å².